The molecule has 108 valence electrons. The standard InChI is InChI=1S/C15H28N4/c1-7-8-16-12-9-13(17-10-15(4,5)6)19-14(18-12)11(2)3/h9,11H,7-8,10H2,1-6H3,(H2,16,17,18,19). The van der Waals surface area contributed by atoms with Gasteiger partial charge in [0.15, 0.2) is 0 Å². The summed E-state index contributed by atoms with van der Waals surface area (Å²) in [6.45, 7) is 14.8. The fourth-order valence-electron chi connectivity index (χ4n) is 1.51. The molecule has 0 unspecified atom stereocenters. The molecular formula is C15H28N4. The molecule has 0 aliphatic heterocycles. The number of nitrogens with zero attached hydrogens (tertiary/aromatic N) is 2. The van der Waals surface area contributed by atoms with Crippen LogP contribution in [0.2, 0.25) is 0 Å². The van der Waals surface area contributed by atoms with Crippen molar-refractivity contribution in [1.29, 1.82) is 0 Å². The Morgan fingerprint density at radius 3 is 2.16 bits per heavy atom. The Labute approximate surface area is 117 Å². The molecule has 0 bridgehead atoms. The molecule has 1 rings (SSSR count). The maximum atomic E-state index is 4.58. The van der Waals surface area contributed by atoms with Crippen LogP contribution in [0.5, 0.6) is 0 Å². The summed E-state index contributed by atoms with van der Waals surface area (Å²) in [5, 5.41) is 6.74. The highest BCUT2D eigenvalue weighted by Gasteiger charge is 2.12. The molecule has 4 heteroatoms. The number of aromatic nitrogens is 2. The SMILES string of the molecule is CCCNc1cc(NCC(C)(C)C)nc(C(C)C)n1. The van der Waals surface area contributed by atoms with Gasteiger partial charge in [-0.05, 0) is 11.8 Å². The fraction of sp³-hybridized carbons (Fsp3) is 0.733. The monoisotopic (exact) mass is 264 g/mol. The fourth-order valence-corrected chi connectivity index (χ4v) is 1.51. The van der Waals surface area contributed by atoms with E-state index < -0.39 is 0 Å². The molecule has 0 amide bonds. The molecule has 0 saturated carbocycles. The van der Waals surface area contributed by atoms with Crippen LogP contribution < -0.4 is 10.6 Å². The van der Waals surface area contributed by atoms with Gasteiger partial charge in [-0.3, -0.25) is 0 Å². The Hall–Kier alpha value is -1.32. The first-order valence-corrected chi connectivity index (χ1v) is 7.18. The lowest BCUT2D eigenvalue weighted by Crippen LogP contribution is -2.20. The highest BCUT2D eigenvalue weighted by molar-refractivity contribution is 5.48. The van der Waals surface area contributed by atoms with Crippen molar-refractivity contribution in [3.63, 3.8) is 0 Å². The quantitative estimate of drug-likeness (QED) is 0.818. The number of nitrogens with one attached hydrogen (secondary N) is 2. The molecule has 4 nitrogen and oxygen atoms in total. The van der Waals surface area contributed by atoms with E-state index in [2.05, 4.69) is 62.1 Å². The molecule has 1 aromatic heterocycles. The van der Waals surface area contributed by atoms with Crippen molar-refractivity contribution >= 4 is 11.6 Å². The van der Waals surface area contributed by atoms with Gasteiger partial charge in [-0.15, -0.1) is 0 Å². The van der Waals surface area contributed by atoms with Crippen molar-refractivity contribution < 1.29 is 0 Å². The average molecular weight is 264 g/mol. The van der Waals surface area contributed by atoms with E-state index in [0.29, 0.717) is 5.92 Å². The van der Waals surface area contributed by atoms with Crippen LogP contribution >= 0.6 is 0 Å². The summed E-state index contributed by atoms with van der Waals surface area (Å²) in [4.78, 5) is 9.13. The molecular weight excluding hydrogens is 236 g/mol. The summed E-state index contributed by atoms with van der Waals surface area (Å²) in [5.41, 5.74) is 0.236. The molecule has 0 spiro atoms. The third-order valence-corrected chi connectivity index (χ3v) is 2.62. The second-order valence-corrected chi connectivity index (χ2v) is 6.49. The topological polar surface area (TPSA) is 49.8 Å². The molecule has 0 fully saturated rings. The maximum absolute atomic E-state index is 4.58. The average Bonchev–Trinajstić information content (AvgIpc) is 2.32. The van der Waals surface area contributed by atoms with E-state index in [9.17, 15) is 0 Å². The van der Waals surface area contributed by atoms with Crippen LogP contribution in [-0.2, 0) is 0 Å². The smallest absolute Gasteiger partial charge is 0.135 e. The molecule has 1 aromatic rings. The molecule has 0 aliphatic rings. The minimum Gasteiger partial charge on any atom is -0.370 e. The van der Waals surface area contributed by atoms with E-state index in [1.54, 1.807) is 0 Å². The predicted octanol–water partition coefficient (Wildman–Crippen LogP) is 3.88. The summed E-state index contributed by atoms with van der Waals surface area (Å²) < 4.78 is 0. The summed E-state index contributed by atoms with van der Waals surface area (Å²) in [6.07, 6.45) is 1.09. The number of anilines is 2. The summed E-state index contributed by atoms with van der Waals surface area (Å²) >= 11 is 0. The minimum absolute atomic E-state index is 0.236. The number of rotatable bonds is 6. The summed E-state index contributed by atoms with van der Waals surface area (Å²) in [6, 6.07) is 1.99. The van der Waals surface area contributed by atoms with Gasteiger partial charge in [0.1, 0.15) is 17.5 Å². The molecule has 2 N–H and O–H groups in total. The van der Waals surface area contributed by atoms with E-state index in [0.717, 1.165) is 37.0 Å². The third kappa shape index (κ3) is 5.90. The lowest BCUT2D eigenvalue weighted by molar-refractivity contribution is 0.442. The number of hydrogen-bond donors (Lipinski definition) is 2. The van der Waals surface area contributed by atoms with Crippen LogP contribution in [0.4, 0.5) is 11.6 Å². The van der Waals surface area contributed by atoms with Gasteiger partial charge in [0.25, 0.3) is 0 Å². The second kappa shape index (κ2) is 6.73. The van der Waals surface area contributed by atoms with Gasteiger partial charge in [-0.2, -0.15) is 0 Å². The first-order valence-electron chi connectivity index (χ1n) is 7.18. The highest BCUT2D eigenvalue weighted by atomic mass is 15.1. The molecule has 0 atom stereocenters. The molecule has 0 saturated heterocycles. The molecule has 0 radical (unpaired) electrons. The summed E-state index contributed by atoms with van der Waals surface area (Å²) in [7, 11) is 0. The Kier molecular flexibility index (Phi) is 5.58. The number of hydrogen-bond acceptors (Lipinski definition) is 4. The van der Waals surface area contributed by atoms with Crippen LogP contribution in [-0.4, -0.2) is 23.1 Å². The van der Waals surface area contributed by atoms with Gasteiger partial charge in [0.05, 0.1) is 0 Å². The van der Waals surface area contributed by atoms with Crippen molar-refractivity contribution in [1.82, 2.24) is 9.97 Å². The molecule has 0 aliphatic carbocycles. The lowest BCUT2D eigenvalue weighted by atomic mass is 9.97. The van der Waals surface area contributed by atoms with E-state index in [4.69, 9.17) is 0 Å². The van der Waals surface area contributed by atoms with E-state index in [1.165, 1.54) is 0 Å². The minimum atomic E-state index is 0.236. The maximum Gasteiger partial charge on any atom is 0.135 e. The zero-order chi connectivity index (χ0) is 14.5. The molecule has 0 aromatic carbocycles. The van der Waals surface area contributed by atoms with Crippen LogP contribution in [0.15, 0.2) is 6.07 Å². The first kappa shape index (κ1) is 15.7. The molecule has 1 heterocycles. The van der Waals surface area contributed by atoms with Crippen LogP contribution in [0.3, 0.4) is 0 Å². The van der Waals surface area contributed by atoms with Crippen LogP contribution in [0.1, 0.15) is 59.7 Å². The van der Waals surface area contributed by atoms with Gasteiger partial charge < -0.3 is 10.6 Å². The van der Waals surface area contributed by atoms with Crippen molar-refractivity contribution in [3.05, 3.63) is 11.9 Å². The first-order chi connectivity index (χ1) is 8.81. The van der Waals surface area contributed by atoms with E-state index in [-0.39, 0.29) is 5.41 Å². The van der Waals surface area contributed by atoms with Crippen LogP contribution in [0.25, 0.3) is 0 Å². The van der Waals surface area contributed by atoms with E-state index >= 15 is 0 Å². The highest BCUT2D eigenvalue weighted by Crippen LogP contribution is 2.19. The van der Waals surface area contributed by atoms with Crippen molar-refractivity contribution in [2.24, 2.45) is 5.41 Å². The Morgan fingerprint density at radius 2 is 1.68 bits per heavy atom. The van der Waals surface area contributed by atoms with E-state index in [1.807, 2.05) is 6.07 Å². The van der Waals surface area contributed by atoms with Crippen molar-refractivity contribution in [2.75, 3.05) is 23.7 Å². The molecule has 19 heavy (non-hydrogen) atoms. The zero-order valence-corrected chi connectivity index (χ0v) is 13.2. The van der Waals surface area contributed by atoms with Gasteiger partial charge in [0.2, 0.25) is 0 Å². The summed E-state index contributed by atoms with van der Waals surface area (Å²) in [5.74, 6) is 3.04. The second-order valence-electron chi connectivity index (χ2n) is 6.49. The predicted molar refractivity (Wildman–Crippen MR) is 82.8 cm³/mol. The van der Waals surface area contributed by atoms with Gasteiger partial charge in [-0.25, -0.2) is 9.97 Å². The Balaban J connectivity index is 2.86. The normalized spacial score (nSPS) is 11.7. The van der Waals surface area contributed by atoms with Crippen molar-refractivity contribution in [2.45, 2.75) is 53.9 Å². The Morgan fingerprint density at radius 1 is 1.11 bits per heavy atom. The van der Waals surface area contributed by atoms with Gasteiger partial charge >= 0.3 is 0 Å². The third-order valence-electron chi connectivity index (χ3n) is 2.62. The van der Waals surface area contributed by atoms with Crippen LogP contribution in [0, 0.1) is 5.41 Å². The van der Waals surface area contributed by atoms with Crippen molar-refractivity contribution in [3.8, 4) is 0 Å². The largest absolute Gasteiger partial charge is 0.370 e. The zero-order valence-electron chi connectivity index (χ0n) is 13.2. The van der Waals surface area contributed by atoms with Gasteiger partial charge in [-0.1, -0.05) is 41.5 Å². The Bertz CT molecular complexity index is 394. The lowest BCUT2D eigenvalue weighted by Gasteiger charge is -2.20. The van der Waals surface area contributed by atoms with Gasteiger partial charge in [0, 0.05) is 25.1 Å².